The first-order valence-corrected chi connectivity index (χ1v) is 7.46. The number of halogens is 1. The van der Waals surface area contributed by atoms with E-state index in [1.54, 1.807) is 12.1 Å². The summed E-state index contributed by atoms with van der Waals surface area (Å²) in [5.74, 6) is -0.183. The van der Waals surface area contributed by atoms with Crippen LogP contribution in [-0.4, -0.2) is 24.0 Å². The van der Waals surface area contributed by atoms with Crippen molar-refractivity contribution in [3.63, 3.8) is 0 Å². The van der Waals surface area contributed by atoms with E-state index < -0.39 is 0 Å². The molecule has 3 heteroatoms. The lowest BCUT2D eigenvalue weighted by Crippen LogP contribution is -2.39. The zero-order valence-electron chi connectivity index (χ0n) is 11.8. The van der Waals surface area contributed by atoms with Crippen molar-refractivity contribution in [1.82, 2.24) is 4.90 Å². The standard InChI is InChI=1S/C16H25FN2/c1-2-13-8-4-3-7-11-19(13)12-16(18)14-9-5-6-10-15(14)17/h5-6,9-10,13,16H,2-4,7-8,11-12,18H2,1H3. The van der Waals surface area contributed by atoms with Crippen LogP contribution in [0.5, 0.6) is 0 Å². The molecular weight excluding hydrogens is 239 g/mol. The second-order valence-corrected chi connectivity index (χ2v) is 5.53. The van der Waals surface area contributed by atoms with Crippen molar-refractivity contribution in [3.8, 4) is 0 Å². The summed E-state index contributed by atoms with van der Waals surface area (Å²) in [5, 5.41) is 0. The lowest BCUT2D eigenvalue weighted by atomic mass is 10.0. The number of benzene rings is 1. The molecule has 0 saturated carbocycles. The van der Waals surface area contributed by atoms with Gasteiger partial charge in [-0.1, -0.05) is 38.0 Å². The van der Waals surface area contributed by atoms with Crippen LogP contribution in [0.1, 0.15) is 50.6 Å². The summed E-state index contributed by atoms with van der Waals surface area (Å²) in [5.41, 5.74) is 6.85. The quantitative estimate of drug-likeness (QED) is 0.902. The summed E-state index contributed by atoms with van der Waals surface area (Å²) < 4.78 is 13.8. The van der Waals surface area contributed by atoms with Crippen LogP contribution in [0, 0.1) is 5.82 Å². The van der Waals surface area contributed by atoms with Crippen LogP contribution >= 0.6 is 0 Å². The fraction of sp³-hybridized carbons (Fsp3) is 0.625. The molecular formula is C16H25FN2. The molecule has 0 aromatic heterocycles. The Morgan fingerprint density at radius 1 is 1.32 bits per heavy atom. The van der Waals surface area contributed by atoms with Gasteiger partial charge in [0.25, 0.3) is 0 Å². The van der Waals surface area contributed by atoms with Crippen molar-refractivity contribution in [2.24, 2.45) is 5.73 Å². The molecule has 2 rings (SSSR count). The van der Waals surface area contributed by atoms with Gasteiger partial charge >= 0.3 is 0 Å². The van der Waals surface area contributed by atoms with Crippen molar-refractivity contribution in [1.29, 1.82) is 0 Å². The molecule has 2 N–H and O–H groups in total. The minimum atomic E-state index is -0.228. The number of hydrogen-bond acceptors (Lipinski definition) is 2. The van der Waals surface area contributed by atoms with E-state index in [9.17, 15) is 4.39 Å². The average molecular weight is 264 g/mol. The van der Waals surface area contributed by atoms with Gasteiger partial charge in [0, 0.05) is 24.2 Å². The molecule has 19 heavy (non-hydrogen) atoms. The van der Waals surface area contributed by atoms with E-state index in [1.165, 1.54) is 31.7 Å². The van der Waals surface area contributed by atoms with E-state index in [4.69, 9.17) is 5.73 Å². The predicted molar refractivity (Wildman–Crippen MR) is 77.4 cm³/mol. The monoisotopic (exact) mass is 264 g/mol. The fourth-order valence-corrected chi connectivity index (χ4v) is 3.07. The largest absolute Gasteiger partial charge is 0.323 e. The molecule has 1 aromatic carbocycles. The van der Waals surface area contributed by atoms with Gasteiger partial charge in [-0.15, -0.1) is 0 Å². The van der Waals surface area contributed by atoms with E-state index >= 15 is 0 Å². The highest BCUT2D eigenvalue weighted by atomic mass is 19.1. The summed E-state index contributed by atoms with van der Waals surface area (Å²) in [6.07, 6.45) is 6.26. The first kappa shape index (κ1) is 14.5. The molecule has 0 amide bonds. The summed E-state index contributed by atoms with van der Waals surface area (Å²) >= 11 is 0. The number of nitrogens with two attached hydrogens (primary N) is 1. The minimum Gasteiger partial charge on any atom is -0.323 e. The molecule has 1 saturated heterocycles. The lowest BCUT2D eigenvalue weighted by Gasteiger charge is -2.31. The number of likely N-dealkylation sites (tertiary alicyclic amines) is 1. The third-order valence-electron chi connectivity index (χ3n) is 4.21. The van der Waals surface area contributed by atoms with Crippen LogP contribution in [0.25, 0.3) is 0 Å². The SMILES string of the molecule is CCC1CCCCCN1CC(N)c1ccccc1F. The van der Waals surface area contributed by atoms with Gasteiger partial charge in [-0.2, -0.15) is 0 Å². The normalized spacial score (nSPS) is 23.0. The number of hydrogen-bond donors (Lipinski definition) is 1. The molecule has 2 nitrogen and oxygen atoms in total. The van der Waals surface area contributed by atoms with Crippen LogP contribution in [0.3, 0.4) is 0 Å². The molecule has 1 fully saturated rings. The van der Waals surface area contributed by atoms with E-state index in [1.807, 2.05) is 6.07 Å². The summed E-state index contributed by atoms with van der Waals surface area (Å²) in [4.78, 5) is 2.46. The zero-order chi connectivity index (χ0) is 13.7. The first-order chi connectivity index (χ1) is 9.22. The molecule has 0 radical (unpaired) electrons. The van der Waals surface area contributed by atoms with Crippen LogP contribution in [-0.2, 0) is 0 Å². The zero-order valence-corrected chi connectivity index (χ0v) is 11.8. The maximum atomic E-state index is 13.8. The molecule has 2 unspecified atom stereocenters. The van der Waals surface area contributed by atoms with Gasteiger partial charge in [0.15, 0.2) is 0 Å². The Hall–Kier alpha value is -0.930. The van der Waals surface area contributed by atoms with Gasteiger partial charge in [-0.3, -0.25) is 4.90 Å². The summed E-state index contributed by atoms with van der Waals surface area (Å²) in [6, 6.07) is 7.26. The predicted octanol–water partition coefficient (Wildman–Crippen LogP) is 3.48. The Labute approximate surface area is 115 Å². The molecule has 1 heterocycles. The molecule has 0 spiro atoms. The fourth-order valence-electron chi connectivity index (χ4n) is 3.07. The van der Waals surface area contributed by atoms with Crippen LogP contribution in [0.4, 0.5) is 4.39 Å². The highest BCUT2D eigenvalue weighted by Gasteiger charge is 2.22. The first-order valence-electron chi connectivity index (χ1n) is 7.46. The van der Waals surface area contributed by atoms with E-state index in [2.05, 4.69) is 11.8 Å². The third-order valence-corrected chi connectivity index (χ3v) is 4.21. The van der Waals surface area contributed by atoms with Crippen molar-refractivity contribution < 1.29 is 4.39 Å². The number of nitrogens with zero attached hydrogens (tertiary/aromatic N) is 1. The second kappa shape index (κ2) is 7.01. The molecule has 2 atom stereocenters. The lowest BCUT2D eigenvalue weighted by molar-refractivity contribution is 0.182. The third kappa shape index (κ3) is 3.77. The molecule has 106 valence electrons. The minimum absolute atomic E-state index is 0.183. The van der Waals surface area contributed by atoms with E-state index in [0.717, 1.165) is 19.5 Å². The molecule has 0 aliphatic carbocycles. The molecule has 1 aliphatic rings. The topological polar surface area (TPSA) is 29.3 Å². The van der Waals surface area contributed by atoms with E-state index in [-0.39, 0.29) is 11.9 Å². The van der Waals surface area contributed by atoms with Gasteiger partial charge < -0.3 is 5.73 Å². The maximum Gasteiger partial charge on any atom is 0.128 e. The van der Waals surface area contributed by atoms with E-state index in [0.29, 0.717) is 11.6 Å². The van der Waals surface area contributed by atoms with Crippen molar-refractivity contribution in [2.45, 2.75) is 51.1 Å². The summed E-state index contributed by atoms with van der Waals surface area (Å²) in [7, 11) is 0. The highest BCUT2D eigenvalue weighted by Crippen LogP contribution is 2.22. The Morgan fingerprint density at radius 2 is 2.11 bits per heavy atom. The van der Waals surface area contributed by atoms with Crippen LogP contribution < -0.4 is 5.73 Å². The maximum absolute atomic E-state index is 13.8. The average Bonchev–Trinajstić information content (AvgIpc) is 2.64. The Morgan fingerprint density at radius 3 is 2.84 bits per heavy atom. The van der Waals surface area contributed by atoms with Crippen molar-refractivity contribution in [3.05, 3.63) is 35.6 Å². The van der Waals surface area contributed by atoms with Crippen molar-refractivity contribution in [2.75, 3.05) is 13.1 Å². The Balaban J connectivity index is 2.04. The van der Waals surface area contributed by atoms with Gasteiger partial charge in [0.2, 0.25) is 0 Å². The molecule has 0 bridgehead atoms. The van der Waals surface area contributed by atoms with Crippen LogP contribution in [0.15, 0.2) is 24.3 Å². The van der Waals surface area contributed by atoms with Crippen LogP contribution in [0.2, 0.25) is 0 Å². The number of rotatable bonds is 4. The van der Waals surface area contributed by atoms with Gasteiger partial charge in [0.05, 0.1) is 0 Å². The Kier molecular flexibility index (Phi) is 5.34. The highest BCUT2D eigenvalue weighted by molar-refractivity contribution is 5.21. The molecule has 1 aromatic rings. The second-order valence-electron chi connectivity index (χ2n) is 5.53. The Bertz CT molecular complexity index is 394. The smallest absolute Gasteiger partial charge is 0.128 e. The van der Waals surface area contributed by atoms with Gasteiger partial charge in [-0.05, 0) is 31.9 Å². The van der Waals surface area contributed by atoms with Crippen molar-refractivity contribution >= 4 is 0 Å². The van der Waals surface area contributed by atoms with Gasteiger partial charge in [-0.25, -0.2) is 4.39 Å². The summed E-state index contributed by atoms with van der Waals surface area (Å²) in [6.45, 7) is 4.09. The van der Waals surface area contributed by atoms with Gasteiger partial charge in [0.1, 0.15) is 5.82 Å². The molecule has 1 aliphatic heterocycles.